The first-order chi connectivity index (χ1) is 8.08. The summed E-state index contributed by atoms with van der Waals surface area (Å²) in [6.45, 7) is 0. The molecule has 3 N–H and O–H groups in total. The Kier molecular flexibility index (Phi) is 3.63. The third-order valence-corrected chi connectivity index (χ3v) is 3.38. The number of nitrogen functional groups attached to an aromatic ring is 1. The van der Waals surface area contributed by atoms with Gasteiger partial charge in [0.05, 0.1) is 27.7 Å². The summed E-state index contributed by atoms with van der Waals surface area (Å²) in [5.74, 6) is -0.302. The van der Waals surface area contributed by atoms with E-state index in [0.29, 0.717) is 15.8 Å². The summed E-state index contributed by atoms with van der Waals surface area (Å²) >= 11 is 6.63. The molecular weight excluding hydrogens is 353 g/mol. The molecule has 1 aromatic carbocycles. The van der Waals surface area contributed by atoms with E-state index in [4.69, 9.17) is 5.73 Å². The van der Waals surface area contributed by atoms with Crippen molar-refractivity contribution >= 4 is 48.9 Å². The summed E-state index contributed by atoms with van der Waals surface area (Å²) in [5.41, 5.74) is 7.74. The van der Waals surface area contributed by atoms with Crippen molar-refractivity contribution in [2.75, 3.05) is 11.1 Å². The smallest absolute Gasteiger partial charge is 0.124 e. The van der Waals surface area contributed by atoms with Crippen LogP contribution in [0.2, 0.25) is 0 Å². The predicted molar refractivity (Wildman–Crippen MR) is 73.7 cm³/mol. The number of nitrogens with zero attached hydrogens (tertiary/aromatic N) is 1. The zero-order chi connectivity index (χ0) is 12.4. The largest absolute Gasteiger partial charge is 0.396 e. The number of pyridine rings is 1. The van der Waals surface area contributed by atoms with E-state index in [-0.39, 0.29) is 5.82 Å². The van der Waals surface area contributed by atoms with E-state index in [1.54, 1.807) is 18.5 Å². The first-order valence-electron chi connectivity index (χ1n) is 4.69. The van der Waals surface area contributed by atoms with Crippen molar-refractivity contribution in [3.8, 4) is 0 Å². The van der Waals surface area contributed by atoms with Crippen molar-refractivity contribution in [1.82, 2.24) is 4.98 Å². The molecule has 1 aromatic heterocycles. The molecule has 1 heterocycles. The van der Waals surface area contributed by atoms with Crippen molar-refractivity contribution in [1.29, 1.82) is 0 Å². The quantitative estimate of drug-likeness (QED) is 0.848. The molecule has 0 aliphatic rings. The normalized spacial score (nSPS) is 10.3. The van der Waals surface area contributed by atoms with Gasteiger partial charge in [-0.2, -0.15) is 0 Å². The summed E-state index contributed by atoms with van der Waals surface area (Å²) in [5, 5.41) is 3.11. The molecule has 0 saturated carbocycles. The molecule has 0 radical (unpaired) electrons. The minimum Gasteiger partial charge on any atom is -0.396 e. The lowest BCUT2D eigenvalue weighted by atomic mass is 10.3. The molecule has 2 aromatic rings. The molecule has 0 atom stereocenters. The van der Waals surface area contributed by atoms with Gasteiger partial charge >= 0.3 is 0 Å². The van der Waals surface area contributed by atoms with Crippen molar-refractivity contribution in [2.24, 2.45) is 0 Å². The second kappa shape index (κ2) is 5.01. The monoisotopic (exact) mass is 359 g/mol. The Balaban J connectivity index is 2.38. The summed E-state index contributed by atoms with van der Waals surface area (Å²) < 4.78 is 14.3. The topological polar surface area (TPSA) is 50.9 Å². The van der Waals surface area contributed by atoms with E-state index in [1.807, 2.05) is 0 Å². The minimum atomic E-state index is -0.302. The van der Waals surface area contributed by atoms with Gasteiger partial charge in [0.1, 0.15) is 5.82 Å². The molecule has 0 aliphatic heterocycles. The Morgan fingerprint density at radius 1 is 1.18 bits per heavy atom. The van der Waals surface area contributed by atoms with Gasteiger partial charge in [-0.15, -0.1) is 0 Å². The Bertz CT molecular complexity index is 540. The van der Waals surface area contributed by atoms with Crippen LogP contribution in [0.25, 0.3) is 0 Å². The van der Waals surface area contributed by atoms with Gasteiger partial charge in [0.2, 0.25) is 0 Å². The van der Waals surface area contributed by atoms with Gasteiger partial charge in [0, 0.05) is 10.7 Å². The second-order valence-electron chi connectivity index (χ2n) is 3.33. The van der Waals surface area contributed by atoms with Crippen molar-refractivity contribution < 1.29 is 4.39 Å². The maximum absolute atomic E-state index is 12.9. The number of halogens is 3. The van der Waals surface area contributed by atoms with Crippen LogP contribution in [0.4, 0.5) is 21.5 Å². The fraction of sp³-hybridized carbons (Fsp3) is 0. The highest BCUT2D eigenvalue weighted by Gasteiger charge is 2.07. The third-order valence-electron chi connectivity index (χ3n) is 2.12. The van der Waals surface area contributed by atoms with Gasteiger partial charge in [0.15, 0.2) is 0 Å². The van der Waals surface area contributed by atoms with Crippen LogP contribution in [-0.2, 0) is 0 Å². The molecule has 3 nitrogen and oxygen atoms in total. The molecule has 0 saturated heterocycles. The van der Waals surface area contributed by atoms with Crippen LogP contribution in [0, 0.1) is 5.82 Å². The zero-order valence-electron chi connectivity index (χ0n) is 8.55. The minimum absolute atomic E-state index is 0.302. The van der Waals surface area contributed by atoms with E-state index in [2.05, 4.69) is 42.2 Å². The van der Waals surface area contributed by atoms with Crippen molar-refractivity contribution in [3.05, 3.63) is 45.4 Å². The fourth-order valence-corrected chi connectivity index (χ4v) is 2.20. The Hall–Kier alpha value is -1.14. The lowest BCUT2D eigenvalue weighted by Gasteiger charge is -2.12. The number of rotatable bonds is 2. The fourth-order valence-electron chi connectivity index (χ4n) is 1.31. The molecular formula is C11H8Br2FN3. The number of benzene rings is 1. The maximum Gasteiger partial charge on any atom is 0.124 e. The van der Waals surface area contributed by atoms with E-state index >= 15 is 0 Å². The van der Waals surface area contributed by atoms with E-state index in [0.717, 1.165) is 10.2 Å². The van der Waals surface area contributed by atoms with Crippen LogP contribution in [0.1, 0.15) is 0 Å². The van der Waals surface area contributed by atoms with E-state index in [9.17, 15) is 4.39 Å². The highest BCUT2D eigenvalue weighted by molar-refractivity contribution is 9.11. The summed E-state index contributed by atoms with van der Waals surface area (Å²) in [4.78, 5) is 3.94. The van der Waals surface area contributed by atoms with Crippen LogP contribution >= 0.6 is 31.9 Å². The van der Waals surface area contributed by atoms with Gasteiger partial charge in [-0.25, -0.2) is 4.39 Å². The number of hydrogen-bond donors (Lipinski definition) is 2. The first kappa shape index (κ1) is 12.3. The molecule has 6 heteroatoms. The van der Waals surface area contributed by atoms with Crippen molar-refractivity contribution in [3.63, 3.8) is 0 Å². The average Bonchev–Trinajstić information content (AvgIpc) is 2.26. The highest BCUT2D eigenvalue weighted by atomic mass is 79.9. The molecule has 0 aliphatic carbocycles. The van der Waals surface area contributed by atoms with Gasteiger partial charge in [-0.3, -0.25) is 4.98 Å². The lowest BCUT2D eigenvalue weighted by Crippen LogP contribution is -1.99. The molecule has 0 unspecified atom stereocenters. The van der Waals surface area contributed by atoms with Gasteiger partial charge in [-0.05, 0) is 50.1 Å². The number of anilines is 3. The number of nitrogens with one attached hydrogen (secondary N) is 1. The lowest BCUT2D eigenvalue weighted by molar-refractivity contribution is 0.627. The van der Waals surface area contributed by atoms with Gasteiger partial charge in [-0.1, -0.05) is 0 Å². The number of nitrogens with two attached hydrogens (primary N) is 1. The Morgan fingerprint density at radius 2 is 1.94 bits per heavy atom. The summed E-state index contributed by atoms with van der Waals surface area (Å²) in [6.07, 6.45) is 3.18. The SMILES string of the molecule is Nc1cncc(Br)c1Nc1ccc(F)cc1Br. The molecule has 0 fully saturated rings. The van der Waals surface area contributed by atoms with Gasteiger partial charge < -0.3 is 11.1 Å². The molecule has 88 valence electrons. The second-order valence-corrected chi connectivity index (χ2v) is 5.04. The summed E-state index contributed by atoms with van der Waals surface area (Å²) in [6, 6.07) is 4.39. The van der Waals surface area contributed by atoms with Crippen LogP contribution < -0.4 is 11.1 Å². The molecule has 0 bridgehead atoms. The molecule has 0 spiro atoms. The van der Waals surface area contributed by atoms with E-state index in [1.165, 1.54) is 12.1 Å². The molecule has 2 rings (SSSR count). The van der Waals surface area contributed by atoms with Crippen LogP contribution in [0.3, 0.4) is 0 Å². The standard InChI is InChI=1S/C11H8Br2FN3/c12-7-3-6(14)1-2-10(7)17-11-8(13)4-16-5-9(11)15/h1-5H,15H2,(H,16,17). The maximum atomic E-state index is 12.9. The Labute approximate surface area is 114 Å². The van der Waals surface area contributed by atoms with Gasteiger partial charge in [0.25, 0.3) is 0 Å². The average molecular weight is 361 g/mol. The number of hydrogen-bond acceptors (Lipinski definition) is 3. The van der Waals surface area contributed by atoms with Crippen molar-refractivity contribution in [2.45, 2.75) is 0 Å². The predicted octanol–water partition coefficient (Wildman–Crippen LogP) is 4.07. The highest BCUT2D eigenvalue weighted by Crippen LogP contribution is 2.33. The van der Waals surface area contributed by atoms with Crippen LogP contribution in [0.15, 0.2) is 39.5 Å². The molecule has 0 amide bonds. The van der Waals surface area contributed by atoms with Crippen LogP contribution in [-0.4, -0.2) is 4.98 Å². The first-order valence-corrected chi connectivity index (χ1v) is 6.27. The molecule has 17 heavy (non-hydrogen) atoms. The third kappa shape index (κ3) is 2.76. The summed E-state index contributed by atoms with van der Waals surface area (Å²) in [7, 11) is 0. The van der Waals surface area contributed by atoms with Crippen LogP contribution in [0.5, 0.6) is 0 Å². The van der Waals surface area contributed by atoms with E-state index < -0.39 is 0 Å². The number of aromatic nitrogens is 1. The zero-order valence-corrected chi connectivity index (χ0v) is 11.7. The Morgan fingerprint density at radius 3 is 2.59 bits per heavy atom.